The third-order valence-electron chi connectivity index (χ3n) is 3.18. The Morgan fingerprint density at radius 3 is 2.00 bits per heavy atom. The molecule has 4 heteroatoms. The maximum atomic E-state index is 12.2. The predicted molar refractivity (Wildman–Crippen MR) is 77.9 cm³/mol. The first-order chi connectivity index (χ1) is 9.99. The lowest BCUT2D eigenvalue weighted by Crippen LogP contribution is -2.10. The smallest absolute Gasteiger partial charge is 0.336 e. The number of rotatable bonds is 5. The molecule has 1 N–H and O–H groups in total. The van der Waals surface area contributed by atoms with Gasteiger partial charge in [-0.25, -0.2) is 4.79 Å². The molecule has 0 saturated carbocycles. The molecule has 0 aromatic heterocycles. The van der Waals surface area contributed by atoms with Crippen LogP contribution in [0.25, 0.3) is 0 Å². The van der Waals surface area contributed by atoms with E-state index in [9.17, 15) is 14.4 Å². The van der Waals surface area contributed by atoms with Crippen LogP contribution in [0, 0.1) is 0 Å². The van der Waals surface area contributed by atoms with Crippen LogP contribution >= 0.6 is 0 Å². The summed E-state index contributed by atoms with van der Waals surface area (Å²) in [7, 11) is 0. The Balaban J connectivity index is 2.22. The normalized spacial score (nSPS) is 10.1. The number of Topliss-reactive ketones (excluding diaryl/α,β-unsaturated/α-hetero) is 2. The highest BCUT2D eigenvalue weighted by atomic mass is 16.4. The van der Waals surface area contributed by atoms with Crippen LogP contribution < -0.4 is 0 Å². The minimum Gasteiger partial charge on any atom is -0.478 e. The molecular formula is C17H14O4. The van der Waals surface area contributed by atoms with Gasteiger partial charge in [-0.2, -0.15) is 0 Å². The van der Waals surface area contributed by atoms with Gasteiger partial charge >= 0.3 is 5.97 Å². The van der Waals surface area contributed by atoms with Crippen LogP contribution in [0.5, 0.6) is 0 Å². The first-order valence-corrected chi connectivity index (χ1v) is 6.44. The second kappa shape index (κ2) is 6.13. The lowest BCUT2D eigenvalue weighted by molar-refractivity contribution is 0.0691. The van der Waals surface area contributed by atoms with Gasteiger partial charge in [0.25, 0.3) is 0 Å². The summed E-state index contributed by atoms with van der Waals surface area (Å²) in [5.41, 5.74) is 1.52. The fraction of sp³-hybridized carbons (Fsp3) is 0.118. The van der Waals surface area contributed by atoms with Crippen LogP contribution in [0.2, 0.25) is 0 Å². The van der Waals surface area contributed by atoms with Crippen LogP contribution in [-0.2, 0) is 6.42 Å². The number of carbonyl (C=O) groups excluding carboxylic acids is 2. The predicted octanol–water partition coefficient (Wildman–Crippen LogP) is 3.01. The SMILES string of the molecule is CC(=O)c1ccc(CC(=O)c2ccccc2C(=O)O)cc1. The molecule has 2 rings (SSSR count). The van der Waals surface area contributed by atoms with Crippen LogP contribution in [0.4, 0.5) is 0 Å². The number of hydrogen-bond acceptors (Lipinski definition) is 3. The number of hydrogen-bond donors (Lipinski definition) is 1. The molecule has 2 aromatic rings. The lowest BCUT2D eigenvalue weighted by atomic mass is 9.98. The van der Waals surface area contributed by atoms with Gasteiger partial charge in [0.1, 0.15) is 0 Å². The van der Waals surface area contributed by atoms with Crippen LogP contribution in [0.1, 0.15) is 43.6 Å². The standard InChI is InChI=1S/C17H14O4/c1-11(18)13-8-6-12(7-9-13)10-16(19)14-4-2-3-5-15(14)17(20)21/h2-9H,10H2,1H3,(H,20,21). The van der Waals surface area contributed by atoms with E-state index in [0.717, 1.165) is 5.56 Å². The van der Waals surface area contributed by atoms with Crippen molar-refractivity contribution in [3.63, 3.8) is 0 Å². The van der Waals surface area contributed by atoms with E-state index in [4.69, 9.17) is 5.11 Å². The summed E-state index contributed by atoms with van der Waals surface area (Å²) in [5.74, 6) is -1.42. The molecule has 0 spiro atoms. The van der Waals surface area contributed by atoms with Gasteiger partial charge in [0.15, 0.2) is 11.6 Å². The van der Waals surface area contributed by atoms with Crippen molar-refractivity contribution in [1.29, 1.82) is 0 Å². The first-order valence-electron chi connectivity index (χ1n) is 6.44. The van der Waals surface area contributed by atoms with Gasteiger partial charge in [-0.1, -0.05) is 42.5 Å². The van der Waals surface area contributed by atoms with E-state index in [0.29, 0.717) is 5.56 Å². The van der Waals surface area contributed by atoms with Gasteiger partial charge < -0.3 is 5.11 Å². The number of carbonyl (C=O) groups is 3. The van der Waals surface area contributed by atoms with Crippen molar-refractivity contribution in [2.24, 2.45) is 0 Å². The highest BCUT2D eigenvalue weighted by Gasteiger charge is 2.16. The fourth-order valence-electron chi connectivity index (χ4n) is 2.05. The average Bonchev–Trinajstić information content (AvgIpc) is 2.47. The summed E-state index contributed by atoms with van der Waals surface area (Å²) >= 11 is 0. The highest BCUT2D eigenvalue weighted by molar-refractivity contribution is 6.06. The molecule has 21 heavy (non-hydrogen) atoms. The van der Waals surface area contributed by atoms with E-state index in [-0.39, 0.29) is 29.1 Å². The molecule has 0 radical (unpaired) electrons. The van der Waals surface area contributed by atoms with E-state index in [1.807, 2.05) is 0 Å². The van der Waals surface area contributed by atoms with Crippen molar-refractivity contribution in [2.75, 3.05) is 0 Å². The molecule has 0 aliphatic carbocycles. The zero-order chi connectivity index (χ0) is 15.4. The molecule has 0 unspecified atom stereocenters. The van der Waals surface area contributed by atoms with E-state index < -0.39 is 5.97 Å². The molecule has 0 atom stereocenters. The van der Waals surface area contributed by atoms with Gasteiger partial charge in [0, 0.05) is 17.5 Å². The van der Waals surface area contributed by atoms with Gasteiger partial charge in [-0.05, 0) is 18.6 Å². The van der Waals surface area contributed by atoms with Gasteiger partial charge in [-0.15, -0.1) is 0 Å². The molecule has 0 aliphatic heterocycles. The van der Waals surface area contributed by atoms with Crippen molar-refractivity contribution in [1.82, 2.24) is 0 Å². The van der Waals surface area contributed by atoms with E-state index in [2.05, 4.69) is 0 Å². The van der Waals surface area contributed by atoms with Crippen molar-refractivity contribution >= 4 is 17.5 Å². The molecule has 0 aliphatic rings. The van der Waals surface area contributed by atoms with Crippen molar-refractivity contribution < 1.29 is 19.5 Å². The zero-order valence-corrected chi connectivity index (χ0v) is 11.5. The lowest BCUT2D eigenvalue weighted by Gasteiger charge is -2.05. The van der Waals surface area contributed by atoms with E-state index in [1.165, 1.54) is 19.1 Å². The Bertz CT molecular complexity index is 699. The van der Waals surface area contributed by atoms with Crippen LogP contribution in [0.15, 0.2) is 48.5 Å². The van der Waals surface area contributed by atoms with Crippen molar-refractivity contribution in [2.45, 2.75) is 13.3 Å². The second-order valence-corrected chi connectivity index (χ2v) is 4.70. The van der Waals surface area contributed by atoms with Gasteiger partial charge in [0.2, 0.25) is 0 Å². The summed E-state index contributed by atoms with van der Waals surface area (Å²) in [5, 5.41) is 9.09. The summed E-state index contributed by atoms with van der Waals surface area (Å²) in [6.45, 7) is 1.48. The number of benzene rings is 2. The fourth-order valence-corrected chi connectivity index (χ4v) is 2.05. The average molecular weight is 282 g/mol. The summed E-state index contributed by atoms with van der Waals surface area (Å²) in [6, 6.07) is 12.9. The minimum absolute atomic E-state index is 0.00264. The monoisotopic (exact) mass is 282 g/mol. The van der Waals surface area contributed by atoms with Crippen molar-refractivity contribution in [3.8, 4) is 0 Å². The van der Waals surface area contributed by atoms with Crippen LogP contribution in [-0.4, -0.2) is 22.6 Å². The second-order valence-electron chi connectivity index (χ2n) is 4.70. The number of ketones is 2. The highest BCUT2D eigenvalue weighted by Crippen LogP contribution is 2.14. The largest absolute Gasteiger partial charge is 0.478 e. The molecule has 106 valence electrons. The van der Waals surface area contributed by atoms with E-state index in [1.54, 1.807) is 36.4 Å². The maximum Gasteiger partial charge on any atom is 0.336 e. The Morgan fingerprint density at radius 2 is 1.48 bits per heavy atom. The molecule has 0 saturated heterocycles. The molecule has 0 amide bonds. The molecule has 0 heterocycles. The summed E-state index contributed by atoms with van der Waals surface area (Å²) < 4.78 is 0. The van der Waals surface area contributed by atoms with E-state index >= 15 is 0 Å². The number of carboxylic acid groups (broad SMARTS) is 1. The maximum absolute atomic E-state index is 12.2. The molecule has 2 aromatic carbocycles. The quantitative estimate of drug-likeness (QED) is 0.856. The number of aromatic carboxylic acids is 1. The zero-order valence-electron chi connectivity index (χ0n) is 11.5. The Kier molecular flexibility index (Phi) is 4.28. The molecule has 0 fully saturated rings. The summed E-state index contributed by atoms with van der Waals surface area (Å²) in [4.78, 5) is 34.5. The third-order valence-corrected chi connectivity index (χ3v) is 3.18. The molecular weight excluding hydrogens is 268 g/mol. The topological polar surface area (TPSA) is 71.4 Å². The molecule has 0 bridgehead atoms. The third kappa shape index (κ3) is 3.42. The Labute approximate surface area is 122 Å². The minimum atomic E-state index is -1.12. The van der Waals surface area contributed by atoms with Gasteiger partial charge in [-0.3, -0.25) is 9.59 Å². The Hall–Kier alpha value is -2.75. The van der Waals surface area contributed by atoms with Gasteiger partial charge in [0.05, 0.1) is 5.56 Å². The van der Waals surface area contributed by atoms with Crippen LogP contribution in [0.3, 0.4) is 0 Å². The Morgan fingerprint density at radius 1 is 0.905 bits per heavy atom. The molecule has 4 nitrogen and oxygen atoms in total. The number of carboxylic acids is 1. The van der Waals surface area contributed by atoms with Crippen molar-refractivity contribution in [3.05, 3.63) is 70.8 Å². The first kappa shape index (κ1) is 14.7. The summed E-state index contributed by atoms with van der Waals surface area (Å²) in [6.07, 6.45) is 0.0997.